The van der Waals surface area contributed by atoms with Crippen molar-refractivity contribution in [3.8, 4) is 11.5 Å². The zero-order chi connectivity index (χ0) is 18.4. The summed E-state index contributed by atoms with van der Waals surface area (Å²) >= 11 is 1.31. The highest BCUT2D eigenvalue weighted by atomic mass is 32.2. The van der Waals surface area contributed by atoms with E-state index in [1.807, 2.05) is 20.8 Å². The van der Waals surface area contributed by atoms with Crippen LogP contribution in [0.25, 0.3) is 11.5 Å². The zero-order valence-electron chi connectivity index (χ0n) is 14.6. The molecule has 2 amide bonds. The third-order valence-corrected chi connectivity index (χ3v) is 4.42. The van der Waals surface area contributed by atoms with Gasteiger partial charge in [0.05, 0.1) is 5.75 Å². The van der Waals surface area contributed by atoms with Gasteiger partial charge in [-0.25, -0.2) is 4.63 Å². The van der Waals surface area contributed by atoms with Crippen molar-refractivity contribution in [1.29, 1.82) is 0 Å². The number of rotatable bonds is 8. The van der Waals surface area contributed by atoms with E-state index in [1.54, 1.807) is 9.47 Å². The molecule has 0 unspecified atom stereocenters. The van der Waals surface area contributed by atoms with Crippen LogP contribution in [-0.2, 0) is 16.1 Å². The van der Waals surface area contributed by atoms with Crippen LogP contribution in [0.4, 0.5) is 5.82 Å². The van der Waals surface area contributed by atoms with E-state index < -0.39 is 0 Å². The minimum absolute atomic E-state index is 0.0456. The Morgan fingerprint density at radius 3 is 2.52 bits per heavy atom. The van der Waals surface area contributed by atoms with Crippen LogP contribution < -0.4 is 5.32 Å². The highest BCUT2D eigenvalue weighted by Gasteiger charge is 2.22. The Labute approximate surface area is 149 Å². The fourth-order valence-electron chi connectivity index (χ4n) is 2.23. The van der Waals surface area contributed by atoms with E-state index in [0.717, 1.165) is 0 Å². The number of aromatic nitrogens is 5. The molecule has 0 aliphatic carbocycles. The number of hydrogen-bond donors (Lipinski definition) is 1. The van der Waals surface area contributed by atoms with Gasteiger partial charge in [-0.1, -0.05) is 11.8 Å². The summed E-state index contributed by atoms with van der Waals surface area (Å²) in [6, 6.07) is 0. The van der Waals surface area contributed by atoms with Crippen LogP contribution in [0.15, 0.2) is 9.79 Å². The fourth-order valence-corrected chi connectivity index (χ4v) is 3.14. The molecular formula is C14H21N7O3S. The van der Waals surface area contributed by atoms with E-state index in [2.05, 4.69) is 25.8 Å². The van der Waals surface area contributed by atoms with Crippen molar-refractivity contribution in [1.82, 2.24) is 30.0 Å². The molecule has 25 heavy (non-hydrogen) atoms. The van der Waals surface area contributed by atoms with E-state index in [1.165, 1.54) is 18.7 Å². The van der Waals surface area contributed by atoms with Crippen molar-refractivity contribution in [3.63, 3.8) is 0 Å². The first-order valence-corrected chi connectivity index (χ1v) is 8.94. The summed E-state index contributed by atoms with van der Waals surface area (Å²) in [6.45, 7) is 9.09. The Morgan fingerprint density at radius 2 is 1.92 bits per heavy atom. The molecule has 0 aromatic carbocycles. The van der Waals surface area contributed by atoms with Gasteiger partial charge in [-0.3, -0.25) is 9.59 Å². The zero-order valence-corrected chi connectivity index (χ0v) is 15.5. The van der Waals surface area contributed by atoms with Gasteiger partial charge in [-0.15, -0.1) is 10.2 Å². The van der Waals surface area contributed by atoms with Crippen LogP contribution in [-0.4, -0.2) is 60.6 Å². The molecule has 2 aromatic rings. The summed E-state index contributed by atoms with van der Waals surface area (Å²) in [5.41, 5.74) is 0.298. The summed E-state index contributed by atoms with van der Waals surface area (Å²) < 4.78 is 6.50. The molecule has 136 valence electrons. The van der Waals surface area contributed by atoms with Crippen molar-refractivity contribution in [2.45, 2.75) is 39.4 Å². The first-order chi connectivity index (χ1) is 12.0. The van der Waals surface area contributed by atoms with Crippen LogP contribution in [0.5, 0.6) is 0 Å². The largest absolute Gasteiger partial charge is 0.343 e. The molecule has 11 heteroatoms. The molecule has 0 saturated heterocycles. The molecular weight excluding hydrogens is 346 g/mol. The Balaban J connectivity index is 2.20. The lowest BCUT2D eigenvalue weighted by Crippen LogP contribution is -2.31. The standard InChI is InChI=1S/C14H21N7O3S/c1-5-20(6-2)10(23)8-25-14-17-16-13(21(14)7-3)11-12(15-9(4)22)19-24-18-11/h5-8H2,1-4H3,(H,15,19,22). The highest BCUT2D eigenvalue weighted by molar-refractivity contribution is 7.99. The molecule has 2 rings (SSSR count). The highest BCUT2D eigenvalue weighted by Crippen LogP contribution is 2.27. The van der Waals surface area contributed by atoms with Gasteiger partial charge in [0.15, 0.2) is 16.7 Å². The van der Waals surface area contributed by atoms with Crippen LogP contribution >= 0.6 is 11.8 Å². The van der Waals surface area contributed by atoms with Crippen molar-refractivity contribution in [2.24, 2.45) is 0 Å². The van der Waals surface area contributed by atoms with Crippen LogP contribution in [0, 0.1) is 0 Å². The maximum Gasteiger partial charge on any atom is 0.233 e. The average molecular weight is 367 g/mol. The van der Waals surface area contributed by atoms with Crippen molar-refractivity contribution < 1.29 is 14.2 Å². The molecule has 0 radical (unpaired) electrons. The maximum atomic E-state index is 12.2. The Kier molecular flexibility index (Phi) is 6.51. The number of amides is 2. The van der Waals surface area contributed by atoms with Gasteiger partial charge < -0.3 is 14.8 Å². The average Bonchev–Trinajstić information content (AvgIpc) is 3.19. The number of nitrogens with zero attached hydrogens (tertiary/aromatic N) is 6. The third-order valence-electron chi connectivity index (χ3n) is 3.47. The van der Waals surface area contributed by atoms with Crippen molar-refractivity contribution >= 4 is 29.4 Å². The number of carbonyl (C=O) groups excluding carboxylic acids is 2. The fraction of sp³-hybridized carbons (Fsp3) is 0.571. The lowest BCUT2D eigenvalue weighted by molar-refractivity contribution is -0.128. The van der Waals surface area contributed by atoms with Gasteiger partial charge in [0.25, 0.3) is 0 Å². The molecule has 0 bridgehead atoms. The Morgan fingerprint density at radius 1 is 1.20 bits per heavy atom. The number of carbonyl (C=O) groups is 2. The second kappa shape index (κ2) is 8.60. The van der Waals surface area contributed by atoms with E-state index in [4.69, 9.17) is 4.63 Å². The second-order valence-electron chi connectivity index (χ2n) is 5.05. The summed E-state index contributed by atoms with van der Waals surface area (Å²) in [6.07, 6.45) is 0. The lowest BCUT2D eigenvalue weighted by atomic mass is 10.4. The minimum Gasteiger partial charge on any atom is -0.343 e. The van der Waals surface area contributed by atoms with Crippen LogP contribution in [0.2, 0.25) is 0 Å². The number of anilines is 1. The van der Waals surface area contributed by atoms with E-state index >= 15 is 0 Å². The topological polar surface area (TPSA) is 119 Å². The SMILES string of the molecule is CCN(CC)C(=O)CSc1nnc(-c2nonc2NC(C)=O)n1CC. The molecule has 1 N–H and O–H groups in total. The summed E-state index contributed by atoms with van der Waals surface area (Å²) in [7, 11) is 0. The Bertz CT molecular complexity index is 739. The van der Waals surface area contributed by atoms with Gasteiger partial charge in [0.2, 0.25) is 17.6 Å². The summed E-state index contributed by atoms with van der Waals surface area (Å²) in [5.74, 6) is 0.633. The molecule has 0 fully saturated rings. The quantitative estimate of drug-likeness (QED) is 0.693. The van der Waals surface area contributed by atoms with Gasteiger partial charge in [-0.05, 0) is 31.1 Å². The van der Waals surface area contributed by atoms with Crippen molar-refractivity contribution in [3.05, 3.63) is 0 Å². The molecule has 2 aromatic heterocycles. The van der Waals surface area contributed by atoms with Crippen LogP contribution in [0.1, 0.15) is 27.7 Å². The van der Waals surface area contributed by atoms with E-state index in [-0.39, 0.29) is 23.4 Å². The van der Waals surface area contributed by atoms with Gasteiger partial charge in [0, 0.05) is 26.6 Å². The molecule has 0 aliphatic rings. The minimum atomic E-state index is -0.293. The maximum absolute atomic E-state index is 12.2. The molecule has 0 atom stereocenters. The molecule has 10 nitrogen and oxygen atoms in total. The van der Waals surface area contributed by atoms with Crippen molar-refractivity contribution in [2.75, 3.05) is 24.2 Å². The molecule has 0 aliphatic heterocycles. The lowest BCUT2D eigenvalue weighted by Gasteiger charge is -2.18. The number of nitrogens with one attached hydrogen (secondary N) is 1. The third kappa shape index (κ3) is 4.35. The normalized spacial score (nSPS) is 10.7. The van der Waals surface area contributed by atoms with E-state index in [0.29, 0.717) is 36.3 Å². The molecule has 0 saturated carbocycles. The number of thioether (sulfide) groups is 1. The van der Waals surface area contributed by atoms with Gasteiger partial charge in [0.1, 0.15) is 0 Å². The predicted molar refractivity (Wildman–Crippen MR) is 91.9 cm³/mol. The second-order valence-corrected chi connectivity index (χ2v) is 5.99. The first kappa shape index (κ1) is 18.9. The van der Waals surface area contributed by atoms with Gasteiger partial charge >= 0.3 is 0 Å². The number of hydrogen-bond acceptors (Lipinski definition) is 8. The Hall–Kier alpha value is -2.43. The monoisotopic (exact) mass is 367 g/mol. The predicted octanol–water partition coefficient (Wildman–Crippen LogP) is 1.27. The van der Waals surface area contributed by atoms with Crippen LogP contribution in [0.3, 0.4) is 0 Å². The molecule has 0 spiro atoms. The van der Waals surface area contributed by atoms with E-state index in [9.17, 15) is 9.59 Å². The van der Waals surface area contributed by atoms with Gasteiger partial charge in [-0.2, -0.15) is 0 Å². The molecule has 2 heterocycles. The summed E-state index contributed by atoms with van der Waals surface area (Å²) in [4.78, 5) is 25.2. The first-order valence-electron chi connectivity index (χ1n) is 7.96. The smallest absolute Gasteiger partial charge is 0.233 e. The summed E-state index contributed by atoms with van der Waals surface area (Å²) in [5, 5.41) is 18.8.